The van der Waals surface area contributed by atoms with E-state index >= 15 is 0 Å². The van der Waals surface area contributed by atoms with Gasteiger partial charge in [0, 0.05) is 22.6 Å². The minimum Gasteiger partial charge on any atom is -0.496 e. The van der Waals surface area contributed by atoms with Gasteiger partial charge in [0.05, 0.1) is 12.8 Å². The summed E-state index contributed by atoms with van der Waals surface area (Å²) in [6.45, 7) is 1.62. The van der Waals surface area contributed by atoms with Crippen molar-refractivity contribution >= 4 is 35.0 Å². The molecule has 3 aromatic rings. The van der Waals surface area contributed by atoms with Gasteiger partial charge in [-0.05, 0) is 30.7 Å². The molecule has 1 atom stereocenters. The summed E-state index contributed by atoms with van der Waals surface area (Å²) in [7, 11) is 1.51. The van der Waals surface area contributed by atoms with Crippen LogP contribution in [0.15, 0.2) is 34.4 Å². The highest BCUT2D eigenvalue weighted by molar-refractivity contribution is 7.98. The molecule has 1 aliphatic rings. The van der Waals surface area contributed by atoms with Gasteiger partial charge in [0.1, 0.15) is 40.8 Å². The number of nitrogens with zero attached hydrogens (tertiary/aromatic N) is 6. The fourth-order valence-corrected chi connectivity index (χ4v) is 4.68. The summed E-state index contributed by atoms with van der Waals surface area (Å²) in [6.07, 6.45) is -0.908. The molecule has 0 saturated heterocycles. The fourth-order valence-electron chi connectivity index (χ4n) is 3.79. The molecule has 188 valence electrons. The maximum Gasteiger partial charge on any atom is 0.280 e. The molecule has 0 aliphatic carbocycles. The summed E-state index contributed by atoms with van der Waals surface area (Å²) in [6, 6.07) is 7.76. The number of nitrogens with one attached hydrogen (secondary N) is 2. The van der Waals surface area contributed by atoms with Crippen LogP contribution in [-0.2, 0) is 5.75 Å². The third-order valence-corrected chi connectivity index (χ3v) is 6.31. The number of aromatic nitrogens is 3. The maximum absolute atomic E-state index is 13.2. The van der Waals surface area contributed by atoms with Crippen LogP contribution in [0.3, 0.4) is 0 Å². The highest BCUT2D eigenvalue weighted by Gasteiger charge is 2.30. The van der Waals surface area contributed by atoms with Crippen molar-refractivity contribution in [1.82, 2.24) is 20.3 Å². The molecule has 2 aromatic heterocycles. The second-order valence-corrected chi connectivity index (χ2v) is 8.72. The van der Waals surface area contributed by atoms with Crippen molar-refractivity contribution in [1.29, 1.82) is 10.5 Å². The van der Waals surface area contributed by atoms with Gasteiger partial charge in [-0.1, -0.05) is 17.8 Å². The Hall–Kier alpha value is -4.69. The average molecular weight is 523 g/mol. The lowest BCUT2D eigenvalue weighted by Gasteiger charge is -2.26. The van der Waals surface area contributed by atoms with Crippen molar-refractivity contribution in [2.75, 3.05) is 23.9 Å². The molecule has 37 heavy (non-hydrogen) atoms. The van der Waals surface area contributed by atoms with Crippen molar-refractivity contribution in [3.8, 4) is 18.0 Å². The van der Waals surface area contributed by atoms with Crippen LogP contribution in [0.2, 0.25) is 0 Å². The third-order valence-electron chi connectivity index (χ3n) is 5.41. The number of aryl methyl sites for hydroxylation is 1. The van der Waals surface area contributed by atoms with Crippen LogP contribution in [0.4, 0.5) is 26.1 Å². The molecule has 4 rings (SSSR count). The number of nitriles is 2. The topological polar surface area (TPSA) is 184 Å². The van der Waals surface area contributed by atoms with Gasteiger partial charge >= 0.3 is 0 Å². The van der Waals surface area contributed by atoms with Crippen LogP contribution in [0.1, 0.15) is 46.1 Å². The van der Waals surface area contributed by atoms with E-state index in [9.17, 15) is 14.0 Å². The van der Waals surface area contributed by atoms with Crippen molar-refractivity contribution in [3.05, 3.63) is 57.9 Å². The zero-order valence-corrected chi connectivity index (χ0v) is 20.4. The number of thioether (sulfide) groups is 1. The highest BCUT2D eigenvalue weighted by Crippen LogP contribution is 2.41. The first-order chi connectivity index (χ1) is 17.7. The van der Waals surface area contributed by atoms with Gasteiger partial charge < -0.3 is 21.5 Å². The molecular formula is C23H20F2N10OS. The smallest absolute Gasteiger partial charge is 0.280 e. The Labute approximate surface area is 214 Å². The van der Waals surface area contributed by atoms with Gasteiger partial charge in [-0.2, -0.15) is 10.5 Å². The number of ether oxygens (including phenoxy) is 1. The molecule has 1 aliphatic heterocycles. The molecule has 14 heteroatoms. The molecule has 0 saturated carbocycles. The van der Waals surface area contributed by atoms with Crippen LogP contribution >= 0.6 is 11.8 Å². The van der Waals surface area contributed by atoms with E-state index in [1.54, 1.807) is 25.2 Å². The average Bonchev–Trinajstić information content (AvgIpc) is 2.86. The van der Waals surface area contributed by atoms with Crippen LogP contribution < -0.4 is 26.8 Å². The van der Waals surface area contributed by atoms with E-state index in [0.29, 0.717) is 33.9 Å². The number of alkyl halides is 2. The summed E-state index contributed by atoms with van der Waals surface area (Å²) >= 11 is 1.17. The number of fused-ring (bicyclic) bond motifs is 1. The van der Waals surface area contributed by atoms with Gasteiger partial charge in [-0.15, -0.1) is 0 Å². The van der Waals surface area contributed by atoms with Crippen LogP contribution in [0.25, 0.3) is 0 Å². The van der Waals surface area contributed by atoms with Crippen molar-refractivity contribution in [2.45, 2.75) is 30.3 Å². The number of nitrogens with two attached hydrogens (primary N) is 2. The van der Waals surface area contributed by atoms with E-state index in [4.69, 9.17) is 21.5 Å². The first-order valence-electron chi connectivity index (χ1n) is 10.7. The van der Waals surface area contributed by atoms with E-state index in [2.05, 4.69) is 30.6 Å². The number of rotatable bonds is 6. The number of methoxy groups -OCH3 is 1. The van der Waals surface area contributed by atoms with E-state index < -0.39 is 12.5 Å². The molecule has 0 amide bonds. The van der Waals surface area contributed by atoms with Gasteiger partial charge in [0.15, 0.2) is 11.3 Å². The Morgan fingerprint density at radius 3 is 2.68 bits per heavy atom. The Bertz CT molecular complexity index is 1480. The van der Waals surface area contributed by atoms with E-state index in [1.807, 2.05) is 12.1 Å². The largest absolute Gasteiger partial charge is 0.496 e. The number of nitrogen functional groups attached to an aromatic ring is 2. The molecule has 0 bridgehead atoms. The molecule has 0 spiro atoms. The quantitative estimate of drug-likeness (QED) is 0.161. The zero-order valence-electron chi connectivity index (χ0n) is 19.6. The molecule has 1 unspecified atom stereocenters. The van der Waals surface area contributed by atoms with Gasteiger partial charge in [0.25, 0.3) is 6.43 Å². The minimum absolute atomic E-state index is 0.0214. The molecule has 6 N–H and O–H groups in total. The Morgan fingerprint density at radius 1 is 1.22 bits per heavy atom. The molecule has 1 aromatic carbocycles. The third kappa shape index (κ3) is 5.14. The number of aliphatic imine (C=N–C) groups is 1. The Kier molecular flexibility index (Phi) is 7.22. The lowest BCUT2D eigenvalue weighted by molar-refractivity contribution is 0.145. The van der Waals surface area contributed by atoms with Gasteiger partial charge in [0.2, 0.25) is 5.96 Å². The van der Waals surface area contributed by atoms with E-state index in [-0.39, 0.29) is 39.7 Å². The number of pyridine rings is 1. The monoisotopic (exact) mass is 522 g/mol. The summed E-state index contributed by atoms with van der Waals surface area (Å²) in [5.74, 6) is 1.16. The lowest BCUT2D eigenvalue weighted by atomic mass is 9.94. The minimum atomic E-state index is -2.71. The van der Waals surface area contributed by atoms with Gasteiger partial charge in [-0.25, -0.2) is 28.7 Å². The van der Waals surface area contributed by atoms with Crippen molar-refractivity contribution < 1.29 is 13.5 Å². The zero-order chi connectivity index (χ0) is 26.7. The van der Waals surface area contributed by atoms with Crippen LogP contribution in [0.5, 0.6) is 5.75 Å². The standard InChI is InChI=1S/C23H20F2N10OS/c1-10-5-14(19(24)25)32-23(31-10)37-8-12-6-11(3-4-15(12)36-2)18-16-17(28)13(7-26)20(29)34-21(16)35-22(33-18)30-9-27/h3-6,18-19H,8H2,1-2H3,(H6,28,29,30,33,34,35). The summed E-state index contributed by atoms with van der Waals surface area (Å²) in [5.41, 5.74) is 14.2. The fraction of sp³-hybridized carbons (Fsp3) is 0.217. The predicted octanol–water partition coefficient (Wildman–Crippen LogP) is 3.40. The first-order valence-corrected chi connectivity index (χ1v) is 11.7. The maximum atomic E-state index is 13.2. The first kappa shape index (κ1) is 25.4. The number of anilines is 3. The molecule has 0 radical (unpaired) electrons. The summed E-state index contributed by atoms with van der Waals surface area (Å²) in [4.78, 5) is 17.0. The Balaban J connectivity index is 1.75. The van der Waals surface area contributed by atoms with E-state index in [1.165, 1.54) is 24.9 Å². The SMILES string of the molecule is COc1ccc(C2N=C(NC#N)Nc3nc(N)c(C#N)c(N)c32)cc1CSc1nc(C)cc(C(F)F)n1. The molecule has 11 nitrogen and oxygen atoms in total. The summed E-state index contributed by atoms with van der Waals surface area (Å²) in [5, 5.41) is 24.1. The number of guanidine groups is 1. The second kappa shape index (κ2) is 10.5. The van der Waals surface area contributed by atoms with Crippen LogP contribution in [-0.4, -0.2) is 28.0 Å². The van der Waals surface area contributed by atoms with Crippen molar-refractivity contribution in [3.63, 3.8) is 0 Å². The molecular weight excluding hydrogens is 502 g/mol. The Morgan fingerprint density at radius 2 is 2.00 bits per heavy atom. The number of hydrogen-bond donors (Lipinski definition) is 4. The van der Waals surface area contributed by atoms with E-state index in [0.717, 1.165) is 0 Å². The number of hydrogen-bond acceptors (Lipinski definition) is 12. The molecule has 3 heterocycles. The van der Waals surface area contributed by atoms with Crippen LogP contribution in [0, 0.1) is 29.7 Å². The second-order valence-electron chi connectivity index (χ2n) is 7.78. The normalized spacial score (nSPS) is 14.1. The van der Waals surface area contributed by atoms with Gasteiger partial charge in [-0.3, -0.25) is 5.32 Å². The number of halogens is 2. The predicted molar refractivity (Wildman–Crippen MR) is 134 cm³/mol. The molecule has 0 fully saturated rings. The van der Waals surface area contributed by atoms with Crippen molar-refractivity contribution in [2.24, 2.45) is 4.99 Å². The number of benzene rings is 1. The highest BCUT2D eigenvalue weighted by atomic mass is 32.2. The summed E-state index contributed by atoms with van der Waals surface area (Å²) < 4.78 is 31.9. The lowest BCUT2D eigenvalue weighted by Crippen LogP contribution is -2.32.